The number of hydrogen-bond donors (Lipinski definition) is 1. The Bertz CT molecular complexity index is 803. The first-order valence-corrected chi connectivity index (χ1v) is 8.57. The lowest BCUT2D eigenvalue weighted by molar-refractivity contribution is -0.115. The summed E-state index contributed by atoms with van der Waals surface area (Å²) in [4.78, 5) is 14.1. The Morgan fingerprint density at radius 2 is 1.92 bits per heavy atom. The van der Waals surface area contributed by atoms with Crippen molar-refractivity contribution >= 4 is 46.6 Å². The minimum absolute atomic E-state index is 0.261. The van der Waals surface area contributed by atoms with Crippen LogP contribution in [0.5, 0.6) is 0 Å². The molecular formula is C19H17ClN2OS. The molecule has 3 rings (SSSR count). The van der Waals surface area contributed by atoms with Crippen LogP contribution < -0.4 is 10.2 Å². The van der Waals surface area contributed by atoms with Crippen LogP contribution in [0.2, 0.25) is 5.02 Å². The average molecular weight is 357 g/mol. The van der Waals surface area contributed by atoms with E-state index < -0.39 is 0 Å². The first-order valence-electron chi connectivity index (χ1n) is 7.78. The predicted molar refractivity (Wildman–Crippen MR) is 103 cm³/mol. The Morgan fingerprint density at radius 1 is 1.17 bits per heavy atom. The van der Waals surface area contributed by atoms with Crippen molar-refractivity contribution in [2.75, 3.05) is 11.4 Å². The minimum atomic E-state index is -0.261. The maximum Gasteiger partial charge on any atom is 0.250 e. The number of aryl methyl sites for hydroxylation is 1. The highest BCUT2D eigenvalue weighted by Crippen LogP contribution is 2.26. The second-order valence-electron chi connectivity index (χ2n) is 5.53. The number of nitrogens with zero attached hydrogens (tertiary/aromatic N) is 1. The van der Waals surface area contributed by atoms with Gasteiger partial charge >= 0.3 is 0 Å². The molecule has 1 aliphatic rings. The van der Waals surface area contributed by atoms with Crippen LogP contribution in [-0.4, -0.2) is 17.6 Å². The van der Waals surface area contributed by atoms with Crippen molar-refractivity contribution in [3.8, 4) is 0 Å². The molecule has 1 amide bonds. The van der Waals surface area contributed by atoms with Gasteiger partial charge in [0.2, 0.25) is 5.91 Å². The molecule has 1 heterocycles. The van der Waals surface area contributed by atoms with E-state index in [0.717, 1.165) is 30.6 Å². The molecule has 0 aromatic heterocycles. The van der Waals surface area contributed by atoms with Crippen LogP contribution in [0.25, 0.3) is 6.08 Å². The highest BCUT2D eigenvalue weighted by molar-refractivity contribution is 7.80. The zero-order valence-corrected chi connectivity index (χ0v) is 14.6. The summed E-state index contributed by atoms with van der Waals surface area (Å²) in [5.74, 6) is -0.261. The van der Waals surface area contributed by atoms with Gasteiger partial charge < -0.3 is 4.90 Å². The number of rotatable bonds is 2. The van der Waals surface area contributed by atoms with Crippen molar-refractivity contribution in [1.29, 1.82) is 0 Å². The third kappa shape index (κ3) is 3.83. The number of nitrogens with one attached hydrogen (secondary N) is 1. The van der Waals surface area contributed by atoms with Crippen LogP contribution in [-0.2, 0) is 11.2 Å². The summed E-state index contributed by atoms with van der Waals surface area (Å²) in [6, 6.07) is 15.5. The smallest absolute Gasteiger partial charge is 0.250 e. The van der Waals surface area contributed by atoms with Gasteiger partial charge in [0.25, 0.3) is 0 Å². The number of carbonyl (C=O) groups excluding carboxylic acids is 1. The maximum absolute atomic E-state index is 12.1. The molecule has 0 unspecified atom stereocenters. The zero-order valence-electron chi connectivity index (χ0n) is 13.0. The van der Waals surface area contributed by atoms with E-state index in [1.165, 1.54) is 11.6 Å². The minimum Gasteiger partial charge on any atom is -0.318 e. The second kappa shape index (κ2) is 7.60. The van der Waals surface area contributed by atoms with E-state index in [0.29, 0.717) is 10.1 Å². The number of amides is 1. The van der Waals surface area contributed by atoms with Gasteiger partial charge in [-0.1, -0.05) is 48.0 Å². The van der Waals surface area contributed by atoms with Gasteiger partial charge in [0.05, 0.1) is 0 Å². The molecule has 2 aromatic carbocycles. The topological polar surface area (TPSA) is 32.3 Å². The van der Waals surface area contributed by atoms with Crippen molar-refractivity contribution < 1.29 is 4.79 Å². The molecule has 0 fully saturated rings. The van der Waals surface area contributed by atoms with Crippen molar-refractivity contribution in [3.63, 3.8) is 0 Å². The van der Waals surface area contributed by atoms with E-state index in [1.807, 2.05) is 41.3 Å². The van der Waals surface area contributed by atoms with Gasteiger partial charge in [0.15, 0.2) is 5.11 Å². The van der Waals surface area contributed by atoms with Crippen molar-refractivity contribution in [2.24, 2.45) is 0 Å². The molecule has 0 aliphatic carbocycles. The maximum atomic E-state index is 12.1. The molecule has 1 N–H and O–H groups in total. The number of para-hydroxylation sites is 1. The Hall–Kier alpha value is -2.17. The largest absolute Gasteiger partial charge is 0.318 e. The highest BCUT2D eigenvalue weighted by atomic mass is 35.5. The summed E-state index contributed by atoms with van der Waals surface area (Å²) in [5, 5.41) is 3.80. The van der Waals surface area contributed by atoms with Crippen LogP contribution in [0.4, 0.5) is 5.69 Å². The lowest BCUT2D eigenvalue weighted by Gasteiger charge is -2.31. The summed E-state index contributed by atoms with van der Waals surface area (Å²) < 4.78 is 0. The fraction of sp³-hybridized carbons (Fsp3) is 0.158. The number of fused-ring (bicyclic) bond motifs is 1. The van der Waals surface area contributed by atoms with Crippen LogP contribution >= 0.6 is 23.8 Å². The number of thiocarbonyl (C=S) groups is 1. The van der Waals surface area contributed by atoms with E-state index in [-0.39, 0.29) is 5.91 Å². The summed E-state index contributed by atoms with van der Waals surface area (Å²) in [6.45, 7) is 0.810. The van der Waals surface area contributed by atoms with E-state index in [9.17, 15) is 4.79 Å². The average Bonchev–Trinajstić information content (AvgIpc) is 2.60. The van der Waals surface area contributed by atoms with Gasteiger partial charge in [-0.15, -0.1) is 0 Å². The Kier molecular flexibility index (Phi) is 5.28. The third-order valence-corrected chi connectivity index (χ3v) is 4.57. The summed E-state index contributed by atoms with van der Waals surface area (Å²) in [5.41, 5.74) is 3.12. The molecule has 24 heavy (non-hydrogen) atoms. The molecule has 0 spiro atoms. The third-order valence-electron chi connectivity index (χ3n) is 3.91. The first kappa shape index (κ1) is 16.7. The second-order valence-corrected chi connectivity index (χ2v) is 6.33. The zero-order chi connectivity index (χ0) is 16.9. The number of hydrogen-bond acceptors (Lipinski definition) is 2. The number of halogens is 1. The molecule has 0 saturated heterocycles. The Balaban J connectivity index is 1.67. The van der Waals surface area contributed by atoms with Gasteiger partial charge in [-0.25, -0.2) is 0 Å². The fourth-order valence-electron chi connectivity index (χ4n) is 2.73. The molecular weight excluding hydrogens is 340 g/mol. The lowest BCUT2D eigenvalue weighted by atomic mass is 10.0. The summed E-state index contributed by atoms with van der Waals surface area (Å²) >= 11 is 11.5. The first-order chi connectivity index (χ1) is 11.6. The predicted octanol–water partition coefficient (Wildman–Crippen LogP) is 4.21. The van der Waals surface area contributed by atoms with E-state index in [4.69, 9.17) is 23.8 Å². The molecule has 0 radical (unpaired) electrons. The van der Waals surface area contributed by atoms with Gasteiger partial charge in [0, 0.05) is 23.3 Å². The van der Waals surface area contributed by atoms with Crippen molar-refractivity contribution in [2.45, 2.75) is 12.8 Å². The number of benzene rings is 2. The monoisotopic (exact) mass is 356 g/mol. The van der Waals surface area contributed by atoms with Gasteiger partial charge in [-0.2, -0.15) is 0 Å². The highest BCUT2D eigenvalue weighted by Gasteiger charge is 2.20. The Labute approximate surface area is 151 Å². The molecule has 0 saturated carbocycles. The molecule has 0 atom stereocenters. The van der Waals surface area contributed by atoms with E-state index in [1.54, 1.807) is 12.1 Å². The van der Waals surface area contributed by atoms with Gasteiger partial charge in [-0.05, 0) is 54.4 Å². The number of carbonyl (C=O) groups is 1. The van der Waals surface area contributed by atoms with Crippen LogP contribution in [0.15, 0.2) is 54.6 Å². The SMILES string of the molecule is O=C(C=Cc1ccccc1Cl)NC(=S)N1CCCc2ccccc21. The fourth-order valence-corrected chi connectivity index (χ4v) is 3.22. The van der Waals surface area contributed by atoms with Crippen LogP contribution in [0.1, 0.15) is 17.5 Å². The molecule has 122 valence electrons. The van der Waals surface area contributed by atoms with Gasteiger partial charge in [-0.3, -0.25) is 10.1 Å². The molecule has 3 nitrogen and oxygen atoms in total. The van der Waals surface area contributed by atoms with Crippen molar-refractivity contribution in [3.05, 3.63) is 70.8 Å². The molecule has 0 bridgehead atoms. The Morgan fingerprint density at radius 3 is 2.75 bits per heavy atom. The van der Waals surface area contributed by atoms with E-state index >= 15 is 0 Å². The summed E-state index contributed by atoms with van der Waals surface area (Å²) in [6.07, 6.45) is 5.19. The quantitative estimate of drug-likeness (QED) is 0.646. The molecule has 2 aromatic rings. The van der Waals surface area contributed by atoms with Crippen LogP contribution in [0, 0.1) is 0 Å². The summed E-state index contributed by atoms with van der Waals surface area (Å²) in [7, 11) is 0. The van der Waals surface area contributed by atoms with E-state index in [2.05, 4.69) is 11.4 Å². The van der Waals surface area contributed by atoms with Gasteiger partial charge in [0.1, 0.15) is 0 Å². The normalized spacial score (nSPS) is 13.6. The van der Waals surface area contributed by atoms with Crippen molar-refractivity contribution in [1.82, 2.24) is 5.32 Å². The lowest BCUT2D eigenvalue weighted by Crippen LogP contribution is -2.44. The van der Waals surface area contributed by atoms with Crippen LogP contribution in [0.3, 0.4) is 0 Å². The molecule has 5 heteroatoms. The molecule has 1 aliphatic heterocycles. The standard InChI is InChI=1S/C19H17ClN2OS/c20-16-9-3-1-6-14(16)11-12-18(23)21-19(24)22-13-5-8-15-7-2-4-10-17(15)22/h1-4,6-7,9-12H,5,8,13H2,(H,21,23,24). The number of anilines is 1.